The van der Waals surface area contributed by atoms with Crippen LogP contribution in [-0.4, -0.2) is 26.7 Å². The molecule has 0 saturated heterocycles. The van der Waals surface area contributed by atoms with Gasteiger partial charge in [0.15, 0.2) is 5.69 Å². The summed E-state index contributed by atoms with van der Waals surface area (Å²) < 4.78 is 4.20. The van der Waals surface area contributed by atoms with E-state index < -0.39 is 5.97 Å². The Balaban J connectivity index is 2.85. The predicted molar refractivity (Wildman–Crippen MR) is 33.2 cm³/mol. The normalized spacial score (nSPS) is 8.90. The van der Waals surface area contributed by atoms with Gasteiger partial charge in [-0.15, -0.1) is 5.10 Å². The molecule has 1 aromatic rings. The van der Waals surface area contributed by atoms with E-state index in [0.717, 1.165) is 0 Å². The van der Waals surface area contributed by atoms with Gasteiger partial charge >= 0.3 is 16.5 Å². The summed E-state index contributed by atoms with van der Waals surface area (Å²) >= 11 is 0. The SMILES string of the molecule is O=C(O[Si])c1cccnn1. The lowest BCUT2D eigenvalue weighted by molar-refractivity contribution is 0.0742. The van der Waals surface area contributed by atoms with Gasteiger partial charge in [0.05, 0.1) is 0 Å². The van der Waals surface area contributed by atoms with Crippen molar-refractivity contribution in [3.63, 3.8) is 0 Å². The fraction of sp³-hybridized carbons (Fsp3) is 0. The fourth-order valence-corrected chi connectivity index (χ4v) is 0.567. The zero-order chi connectivity index (χ0) is 7.40. The summed E-state index contributed by atoms with van der Waals surface area (Å²) in [5.74, 6) is -0.551. The molecule has 0 aromatic carbocycles. The van der Waals surface area contributed by atoms with Crippen molar-refractivity contribution < 1.29 is 9.22 Å². The van der Waals surface area contributed by atoms with Crippen LogP contribution in [-0.2, 0) is 4.43 Å². The van der Waals surface area contributed by atoms with E-state index in [-0.39, 0.29) is 5.69 Å². The van der Waals surface area contributed by atoms with Crippen molar-refractivity contribution in [3.05, 3.63) is 24.0 Å². The molecule has 0 spiro atoms. The first kappa shape index (κ1) is 6.88. The highest BCUT2D eigenvalue weighted by Crippen LogP contribution is 1.91. The van der Waals surface area contributed by atoms with E-state index in [4.69, 9.17) is 0 Å². The van der Waals surface area contributed by atoms with Crippen molar-refractivity contribution in [3.8, 4) is 0 Å². The zero-order valence-electron chi connectivity index (χ0n) is 4.94. The molecule has 3 radical (unpaired) electrons. The zero-order valence-corrected chi connectivity index (χ0v) is 5.94. The molecule has 5 heteroatoms. The lowest BCUT2D eigenvalue weighted by Gasteiger charge is -1.93. The van der Waals surface area contributed by atoms with E-state index in [0.29, 0.717) is 0 Å². The predicted octanol–water partition coefficient (Wildman–Crippen LogP) is -0.283. The Bertz CT molecular complexity index is 226. The first-order chi connectivity index (χ1) is 4.84. The van der Waals surface area contributed by atoms with Gasteiger partial charge in [0.2, 0.25) is 0 Å². The molecule has 1 aromatic heterocycles. The number of rotatable bonds is 1. The molecule has 4 nitrogen and oxygen atoms in total. The Hall–Kier alpha value is -1.23. The maximum absolute atomic E-state index is 10.6. The Labute approximate surface area is 60.8 Å². The minimum Gasteiger partial charge on any atom is -0.511 e. The van der Waals surface area contributed by atoms with E-state index in [1.54, 1.807) is 6.07 Å². The molecule has 0 N–H and O–H groups in total. The van der Waals surface area contributed by atoms with Gasteiger partial charge in [-0.3, -0.25) is 0 Å². The Morgan fingerprint density at radius 3 is 3.00 bits per heavy atom. The van der Waals surface area contributed by atoms with E-state index in [1.165, 1.54) is 12.3 Å². The molecule has 0 saturated carbocycles. The van der Waals surface area contributed by atoms with Gasteiger partial charge in [0, 0.05) is 6.20 Å². The van der Waals surface area contributed by atoms with Crippen molar-refractivity contribution >= 4 is 16.5 Å². The van der Waals surface area contributed by atoms with Gasteiger partial charge in [-0.1, -0.05) is 0 Å². The third kappa shape index (κ3) is 1.38. The highest BCUT2D eigenvalue weighted by Gasteiger charge is 2.03. The van der Waals surface area contributed by atoms with Crippen molar-refractivity contribution in [2.24, 2.45) is 0 Å². The van der Waals surface area contributed by atoms with Crippen molar-refractivity contribution in [2.45, 2.75) is 0 Å². The number of nitrogens with zero attached hydrogens (tertiary/aromatic N) is 2. The Morgan fingerprint density at radius 2 is 2.50 bits per heavy atom. The minimum absolute atomic E-state index is 0.178. The van der Waals surface area contributed by atoms with Gasteiger partial charge in [-0.2, -0.15) is 5.10 Å². The van der Waals surface area contributed by atoms with Gasteiger partial charge < -0.3 is 4.43 Å². The van der Waals surface area contributed by atoms with Gasteiger partial charge in [-0.05, 0) is 12.1 Å². The molecule has 10 heavy (non-hydrogen) atoms. The molecule has 0 fully saturated rings. The number of hydrogen-bond acceptors (Lipinski definition) is 4. The topological polar surface area (TPSA) is 52.1 Å². The van der Waals surface area contributed by atoms with Crippen LogP contribution in [0.15, 0.2) is 18.3 Å². The molecular formula is C5H3N2O2Si. The second-order valence-electron chi connectivity index (χ2n) is 1.50. The van der Waals surface area contributed by atoms with Crippen LogP contribution in [0.1, 0.15) is 10.5 Å². The standard InChI is InChI=1S/C5H3N2O2Si/c8-5(9-10)4-2-1-3-6-7-4/h1-3H. The average Bonchev–Trinajstić information content (AvgIpc) is 2.05. The molecular weight excluding hydrogens is 148 g/mol. The highest BCUT2D eigenvalue weighted by atomic mass is 28.2. The first-order valence-corrected chi connectivity index (χ1v) is 2.91. The number of hydrogen-bond donors (Lipinski definition) is 0. The van der Waals surface area contributed by atoms with E-state index in [2.05, 4.69) is 25.1 Å². The lowest BCUT2D eigenvalue weighted by Crippen LogP contribution is -2.05. The van der Waals surface area contributed by atoms with Crippen LogP contribution >= 0.6 is 0 Å². The smallest absolute Gasteiger partial charge is 0.345 e. The minimum atomic E-state index is -0.551. The third-order valence-electron chi connectivity index (χ3n) is 0.874. The molecule has 0 bridgehead atoms. The summed E-state index contributed by atoms with van der Waals surface area (Å²) in [6.45, 7) is 0. The highest BCUT2D eigenvalue weighted by molar-refractivity contribution is 6.08. The molecule has 1 heterocycles. The van der Waals surface area contributed by atoms with Crippen LogP contribution in [0.3, 0.4) is 0 Å². The molecule has 49 valence electrons. The lowest BCUT2D eigenvalue weighted by atomic mass is 10.4. The summed E-state index contributed by atoms with van der Waals surface area (Å²) in [4.78, 5) is 10.6. The molecule has 0 aliphatic rings. The number of aromatic nitrogens is 2. The van der Waals surface area contributed by atoms with Crippen molar-refractivity contribution in [2.75, 3.05) is 0 Å². The summed E-state index contributed by atoms with van der Waals surface area (Å²) in [6, 6.07) is 3.11. The maximum Gasteiger partial charge on any atom is 0.345 e. The molecule has 0 aliphatic heterocycles. The Kier molecular flexibility index (Phi) is 2.11. The van der Waals surface area contributed by atoms with Crippen LogP contribution in [0, 0.1) is 0 Å². The number of carbonyl (C=O) groups excluding carboxylic acids is 1. The summed E-state index contributed by atoms with van der Waals surface area (Å²) in [5, 5.41) is 6.98. The summed E-state index contributed by atoms with van der Waals surface area (Å²) in [7, 11) is 2.58. The van der Waals surface area contributed by atoms with E-state index in [9.17, 15) is 4.79 Å². The molecule has 0 unspecified atom stereocenters. The monoisotopic (exact) mass is 151 g/mol. The van der Waals surface area contributed by atoms with Crippen LogP contribution in [0.25, 0.3) is 0 Å². The second-order valence-corrected chi connectivity index (χ2v) is 1.70. The van der Waals surface area contributed by atoms with Crippen molar-refractivity contribution in [1.82, 2.24) is 10.2 Å². The van der Waals surface area contributed by atoms with Gasteiger partial charge in [0.25, 0.3) is 0 Å². The van der Waals surface area contributed by atoms with Crippen LogP contribution in [0.4, 0.5) is 0 Å². The van der Waals surface area contributed by atoms with Gasteiger partial charge in [0.1, 0.15) is 0 Å². The molecule has 0 aliphatic carbocycles. The van der Waals surface area contributed by atoms with Crippen molar-refractivity contribution in [1.29, 1.82) is 0 Å². The Morgan fingerprint density at radius 1 is 1.70 bits per heavy atom. The van der Waals surface area contributed by atoms with Crippen LogP contribution in [0.2, 0.25) is 0 Å². The third-order valence-corrected chi connectivity index (χ3v) is 1.06. The van der Waals surface area contributed by atoms with Gasteiger partial charge in [-0.25, -0.2) is 4.79 Å². The average molecular weight is 151 g/mol. The quantitative estimate of drug-likeness (QED) is 0.518. The number of carbonyl (C=O) groups is 1. The second kappa shape index (κ2) is 3.07. The maximum atomic E-state index is 10.6. The van der Waals surface area contributed by atoms with Crippen LogP contribution in [0.5, 0.6) is 0 Å². The summed E-state index contributed by atoms with van der Waals surface area (Å²) in [6.07, 6.45) is 1.48. The van der Waals surface area contributed by atoms with E-state index >= 15 is 0 Å². The molecule has 0 amide bonds. The first-order valence-electron chi connectivity index (χ1n) is 2.50. The molecule has 0 atom stereocenters. The molecule has 1 rings (SSSR count). The van der Waals surface area contributed by atoms with E-state index in [1.807, 2.05) is 0 Å². The van der Waals surface area contributed by atoms with Crippen LogP contribution < -0.4 is 0 Å². The summed E-state index contributed by atoms with van der Waals surface area (Å²) in [5.41, 5.74) is 0.178. The largest absolute Gasteiger partial charge is 0.511 e. The fourth-order valence-electron chi connectivity index (χ4n) is 0.463.